The summed E-state index contributed by atoms with van der Waals surface area (Å²) in [6.45, 7) is 0.152. The first-order chi connectivity index (χ1) is 6.63. The fourth-order valence-electron chi connectivity index (χ4n) is 0.779. The second-order valence-electron chi connectivity index (χ2n) is 2.48. The second kappa shape index (κ2) is 5.28. The van der Waals surface area contributed by atoms with Crippen molar-refractivity contribution in [1.29, 1.82) is 0 Å². The molecule has 7 heteroatoms. The lowest BCUT2D eigenvalue weighted by Crippen LogP contribution is -2.36. The molecule has 1 aromatic heterocycles. The van der Waals surface area contributed by atoms with Gasteiger partial charge in [0.05, 0.1) is 16.5 Å². The number of anilines is 1. The first kappa shape index (κ1) is 11.4. The Morgan fingerprint density at radius 1 is 1.86 bits per heavy atom. The smallest absolute Gasteiger partial charge is 0.250 e. The van der Waals surface area contributed by atoms with E-state index < -0.39 is 12.0 Å². The Morgan fingerprint density at radius 2 is 2.57 bits per heavy atom. The number of hydrogen-bond donors (Lipinski definition) is 3. The number of aromatic nitrogens is 1. The van der Waals surface area contributed by atoms with Crippen molar-refractivity contribution in [1.82, 2.24) is 10.3 Å². The first-order valence-electron chi connectivity index (χ1n) is 3.88. The summed E-state index contributed by atoms with van der Waals surface area (Å²) in [6, 6.07) is 0. The minimum atomic E-state index is -1.05. The van der Waals surface area contributed by atoms with E-state index in [1.165, 1.54) is 18.4 Å². The predicted octanol–water partition coefficient (Wildman–Crippen LogP) is 0.424. The van der Waals surface area contributed by atoms with Crippen LogP contribution in [0.4, 0.5) is 5.13 Å². The van der Waals surface area contributed by atoms with Gasteiger partial charge in [0.15, 0.2) is 5.13 Å². The second-order valence-corrected chi connectivity index (χ2v) is 4.89. The van der Waals surface area contributed by atoms with Crippen molar-refractivity contribution in [2.45, 2.75) is 6.10 Å². The zero-order chi connectivity index (χ0) is 10.6. The average molecular weight is 280 g/mol. The third-order valence-corrected chi connectivity index (χ3v) is 2.91. The van der Waals surface area contributed by atoms with E-state index in [9.17, 15) is 9.90 Å². The summed E-state index contributed by atoms with van der Waals surface area (Å²) >= 11 is 4.66. The molecule has 5 nitrogen and oxygen atoms in total. The fourth-order valence-corrected chi connectivity index (χ4v) is 1.89. The first-order valence-corrected chi connectivity index (χ1v) is 5.49. The maximum absolute atomic E-state index is 10.9. The summed E-state index contributed by atoms with van der Waals surface area (Å²) < 4.78 is 0.898. The van der Waals surface area contributed by atoms with Crippen molar-refractivity contribution in [2.24, 2.45) is 0 Å². The van der Waals surface area contributed by atoms with Crippen LogP contribution in [0.5, 0.6) is 0 Å². The third kappa shape index (κ3) is 3.24. The van der Waals surface area contributed by atoms with Crippen LogP contribution in [0.25, 0.3) is 0 Å². The zero-order valence-corrected chi connectivity index (χ0v) is 9.85. The Hall–Kier alpha value is -0.660. The minimum absolute atomic E-state index is 0.152. The minimum Gasteiger partial charge on any atom is -0.381 e. The number of aliphatic hydroxyl groups is 1. The van der Waals surface area contributed by atoms with Crippen LogP contribution >= 0.6 is 27.3 Å². The molecule has 78 valence electrons. The highest BCUT2D eigenvalue weighted by Gasteiger charge is 2.12. The SMILES string of the molecule is CNC(=O)C(O)CNc1ncc(Br)s1. The van der Waals surface area contributed by atoms with Gasteiger partial charge in [0.25, 0.3) is 0 Å². The average Bonchev–Trinajstić information content (AvgIpc) is 2.59. The van der Waals surface area contributed by atoms with Crippen LogP contribution < -0.4 is 10.6 Å². The van der Waals surface area contributed by atoms with E-state index in [1.807, 2.05) is 0 Å². The summed E-state index contributed by atoms with van der Waals surface area (Å²) in [4.78, 5) is 14.9. The number of rotatable bonds is 4. The van der Waals surface area contributed by atoms with Gasteiger partial charge in [-0.25, -0.2) is 4.98 Å². The van der Waals surface area contributed by atoms with Crippen molar-refractivity contribution in [3.05, 3.63) is 9.98 Å². The van der Waals surface area contributed by atoms with E-state index in [-0.39, 0.29) is 6.54 Å². The summed E-state index contributed by atoms with van der Waals surface area (Å²) in [5, 5.41) is 15.1. The monoisotopic (exact) mass is 279 g/mol. The maximum atomic E-state index is 10.9. The van der Waals surface area contributed by atoms with Gasteiger partial charge in [0, 0.05) is 7.05 Å². The van der Waals surface area contributed by atoms with Gasteiger partial charge in [-0.05, 0) is 15.9 Å². The van der Waals surface area contributed by atoms with Crippen LogP contribution in [0, 0.1) is 0 Å². The van der Waals surface area contributed by atoms with Gasteiger partial charge in [-0.15, -0.1) is 0 Å². The Balaban J connectivity index is 2.37. The van der Waals surface area contributed by atoms with E-state index >= 15 is 0 Å². The lowest BCUT2D eigenvalue weighted by molar-refractivity contribution is -0.128. The lowest BCUT2D eigenvalue weighted by Gasteiger charge is -2.08. The number of nitrogens with zero attached hydrogens (tertiary/aromatic N) is 1. The zero-order valence-electron chi connectivity index (χ0n) is 7.45. The van der Waals surface area contributed by atoms with Gasteiger partial charge in [-0.3, -0.25) is 4.79 Å². The highest BCUT2D eigenvalue weighted by Crippen LogP contribution is 2.22. The molecule has 1 amide bonds. The summed E-state index contributed by atoms with van der Waals surface area (Å²) in [5.41, 5.74) is 0. The van der Waals surface area contributed by atoms with Gasteiger partial charge in [-0.2, -0.15) is 0 Å². The third-order valence-electron chi connectivity index (χ3n) is 1.47. The van der Waals surface area contributed by atoms with Crippen molar-refractivity contribution >= 4 is 38.3 Å². The van der Waals surface area contributed by atoms with E-state index in [0.717, 1.165) is 3.79 Å². The lowest BCUT2D eigenvalue weighted by atomic mass is 10.3. The van der Waals surface area contributed by atoms with Crippen LogP contribution in [0.2, 0.25) is 0 Å². The molecule has 0 saturated heterocycles. The van der Waals surface area contributed by atoms with E-state index in [0.29, 0.717) is 5.13 Å². The largest absolute Gasteiger partial charge is 0.381 e. The Morgan fingerprint density at radius 3 is 3.07 bits per heavy atom. The quantitative estimate of drug-likeness (QED) is 0.747. The number of thiazole rings is 1. The normalized spacial score (nSPS) is 12.2. The molecule has 3 N–H and O–H groups in total. The molecule has 1 atom stereocenters. The van der Waals surface area contributed by atoms with Crippen LogP contribution in [0.1, 0.15) is 0 Å². The van der Waals surface area contributed by atoms with Gasteiger partial charge in [-0.1, -0.05) is 11.3 Å². The Kier molecular flexibility index (Phi) is 4.30. The van der Waals surface area contributed by atoms with Crippen molar-refractivity contribution < 1.29 is 9.90 Å². The summed E-state index contributed by atoms with van der Waals surface area (Å²) in [7, 11) is 1.48. The number of carbonyl (C=O) groups is 1. The highest BCUT2D eigenvalue weighted by atomic mass is 79.9. The number of carbonyl (C=O) groups excluding carboxylic acids is 1. The van der Waals surface area contributed by atoms with Gasteiger partial charge in [0.2, 0.25) is 5.91 Å². The van der Waals surface area contributed by atoms with Crippen molar-refractivity contribution in [2.75, 3.05) is 18.9 Å². The van der Waals surface area contributed by atoms with Crippen LogP contribution in [-0.4, -0.2) is 35.7 Å². The number of nitrogens with one attached hydrogen (secondary N) is 2. The molecule has 1 aromatic rings. The van der Waals surface area contributed by atoms with E-state index in [1.54, 1.807) is 6.20 Å². The van der Waals surface area contributed by atoms with Crippen molar-refractivity contribution in [3.63, 3.8) is 0 Å². The topological polar surface area (TPSA) is 74.2 Å². The van der Waals surface area contributed by atoms with Crippen LogP contribution in [0.3, 0.4) is 0 Å². The van der Waals surface area contributed by atoms with Gasteiger partial charge in [0.1, 0.15) is 6.10 Å². The molecule has 0 aromatic carbocycles. The number of hydrogen-bond acceptors (Lipinski definition) is 5. The molecular formula is C7H10BrN3O2S. The number of amides is 1. The molecule has 0 radical (unpaired) electrons. The van der Waals surface area contributed by atoms with Crippen LogP contribution in [0.15, 0.2) is 9.98 Å². The van der Waals surface area contributed by atoms with E-state index in [4.69, 9.17) is 0 Å². The molecule has 1 heterocycles. The standard InChI is InChI=1S/C7H10BrN3O2S/c1-9-6(13)4(12)2-10-7-11-3-5(8)14-7/h3-4,12H,2H2,1H3,(H,9,13)(H,10,11). The maximum Gasteiger partial charge on any atom is 0.250 e. The van der Waals surface area contributed by atoms with Crippen molar-refractivity contribution in [3.8, 4) is 0 Å². The molecule has 0 aliphatic heterocycles. The molecule has 14 heavy (non-hydrogen) atoms. The summed E-state index contributed by atoms with van der Waals surface area (Å²) in [6.07, 6.45) is 0.599. The summed E-state index contributed by atoms with van der Waals surface area (Å²) in [5.74, 6) is -0.409. The molecule has 0 fully saturated rings. The fraction of sp³-hybridized carbons (Fsp3) is 0.429. The van der Waals surface area contributed by atoms with E-state index in [2.05, 4.69) is 31.5 Å². The van der Waals surface area contributed by atoms with Gasteiger partial charge >= 0.3 is 0 Å². The molecule has 0 aliphatic rings. The predicted molar refractivity (Wildman–Crippen MR) is 58.4 cm³/mol. The number of likely N-dealkylation sites (N-methyl/N-ethyl adjacent to an activating group) is 1. The number of aliphatic hydroxyl groups excluding tert-OH is 1. The molecule has 0 spiro atoms. The highest BCUT2D eigenvalue weighted by molar-refractivity contribution is 9.11. The molecule has 1 rings (SSSR count). The molecule has 0 saturated carbocycles. The Labute approximate surface area is 93.7 Å². The molecule has 0 bridgehead atoms. The Bertz CT molecular complexity index is 318. The van der Waals surface area contributed by atoms with Crippen LogP contribution in [-0.2, 0) is 4.79 Å². The van der Waals surface area contributed by atoms with Gasteiger partial charge < -0.3 is 15.7 Å². The molecule has 1 unspecified atom stereocenters. The molecular weight excluding hydrogens is 270 g/mol. The number of halogens is 1. The molecule has 0 aliphatic carbocycles.